The summed E-state index contributed by atoms with van der Waals surface area (Å²) in [6.07, 6.45) is 6.05. The number of hydrogen-bond donors (Lipinski definition) is 1. The van der Waals surface area contributed by atoms with Crippen LogP contribution in [0.3, 0.4) is 0 Å². The average Bonchev–Trinajstić information content (AvgIpc) is 3.01. The zero-order valence-corrected chi connectivity index (χ0v) is 14.1. The number of nitrogens with zero attached hydrogens (tertiary/aromatic N) is 1. The smallest absolute Gasteiger partial charge is 0.147 e. The van der Waals surface area contributed by atoms with Crippen LogP contribution in [0.4, 0.5) is 10.1 Å². The molecule has 126 valence electrons. The molecule has 2 atom stereocenters. The first-order valence-corrected chi connectivity index (χ1v) is 9.08. The Morgan fingerprint density at radius 1 is 1.22 bits per heavy atom. The molecule has 0 bridgehead atoms. The standard InChI is InChI=1S/C18H24ClFN2O/c19-13-1-2-16(15(20)11-13)22-8-4-14(12-22)21-17-3-5-18(17)6-9-23-10-7-18/h1-2,11,14,17,21H,3-10,12H2. The summed E-state index contributed by atoms with van der Waals surface area (Å²) >= 11 is 5.85. The Balaban J connectivity index is 1.37. The number of benzene rings is 1. The SMILES string of the molecule is Fc1cc(Cl)ccc1N1CCC(NC2CCC23CCOCC3)C1. The number of hydrogen-bond acceptors (Lipinski definition) is 3. The minimum Gasteiger partial charge on any atom is -0.381 e. The number of ether oxygens (including phenoxy) is 1. The summed E-state index contributed by atoms with van der Waals surface area (Å²) in [4.78, 5) is 2.14. The molecule has 2 saturated heterocycles. The van der Waals surface area contributed by atoms with E-state index >= 15 is 0 Å². The van der Waals surface area contributed by atoms with Crippen LogP contribution in [0.2, 0.25) is 5.02 Å². The van der Waals surface area contributed by atoms with E-state index in [9.17, 15) is 4.39 Å². The monoisotopic (exact) mass is 338 g/mol. The van der Waals surface area contributed by atoms with Crippen molar-refractivity contribution in [3.05, 3.63) is 29.0 Å². The van der Waals surface area contributed by atoms with E-state index in [1.807, 2.05) is 0 Å². The van der Waals surface area contributed by atoms with E-state index in [2.05, 4.69) is 10.2 Å². The Bertz CT molecular complexity index is 576. The summed E-state index contributed by atoms with van der Waals surface area (Å²) < 4.78 is 19.6. The van der Waals surface area contributed by atoms with Crippen LogP contribution >= 0.6 is 11.6 Å². The minimum atomic E-state index is -0.220. The Hall–Kier alpha value is -0.840. The van der Waals surface area contributed by atoms with Crippen molar-refractivity contribution >= 4 is 17.3 Å². The van der Waals surface area contributed by atoms with E-state index < -0.39 is 0 Å². The largest absolute Gasteiger partial charge is 0.381 e. The van der Waals surface area contributed by atoms with Crippen molar-refractivity contribution in [1.82, 2.24) is 5.32 Å². The van der Waals surface area contributed by atoms with E-state index in [-0.39, 0.29) is 5.82 Å². The quantitative estimate of drug-likeness (QED) is 0.911. The molecule has 0 amide bonds. The van der Waals surface area contributed by atoms with Gasteiger partial charge in [-0.25, -0.2) is 4.39 Å². The van der Waals surface area contributed by atoms with Crippen molar-refractivity contribution in [3.63, 3.8) is 0 Å². The number of anilines is 1. The van der Waals surface area contributed by atoms with Gasteiger partial charge in [-0.05, 0) is 55.7 Å². The molecule has 23 heavy (non-hydrogen) atoms. The number of halogens is 2. The molecule has 3 fully saturated rings. The molecule has 1 N–H and O–H groups in total. The Morgan fingerprint density at radius 3 is 2.74 bits per heavy atom. The normalized spacial score (nSPS) is 29.7. The summed E-state index contributed by atoms with van der Waals surface area (Å²) in [5.74, 6) is -0.220. The fourth-order valence-electron chi connectivity index (χ4n) is 4.47. The third-order valence-corrected chi connectivity index (χ3v) is 6.27. The Kier molecular flexibility index (Phi) is 4.24. The molecule has 0 radical (unpaired) electrons. The fraction of sp³-hybridized carbons (Fsp3) is 0.667. The third kappa shape index (κ3) is 2.97. The molecule has 5 heteroatoms. The molecule has 3 nitrogen and oxygen atoms in total. The second kappa shape index (κ2) is 6.23. The summed E-state index contributed by atoms with van der Waals surface area (Å²) in [5.41, 5.74) is 1.14. The zero-order chi connectivity index (χ0) is 15.9. The highest BCUT2D eigenvalue weighted by Crippen LogP contribution is 2.49. The second-order valence-electron chi connectivity index (χ2n) is 7.26. The third-order valence-electron chi connectivity index (χ3n) is 6.03. The van der Waals surface area contributed by atoms with Crippen molar-refractivity contribution in [1.29, 1.82) is 0 Å². The van der Waals surface area contributed by atoms with Gasteiger partial charge < -0.3 is 15.0 Å². The van der Waals surface area contributed by atoms with Crippen LogP contribution in [0.15, 0.2) is 18.2 Å². The lowest BCUT2D eigenvalue weighted by Gasteiger charge is -2.53. The molecular weight excluding hydrogens is 315 g/mol. The van der Waals surface area contributed by atoms with Crippen LogP contribution in [0, 0.1) is 11.2 Å². The van der Waals surface area contributed by atoms with Crippen LogP contribution in [0.5, 0.6) is 0 Å². The van der Waals surface area contributed by atoms with Crippen molar-refractivity contribution in [2.75, 3.05) is 31.2 Å². The van der Waals surface area contributed by atoms with Gasteiger partial charge in [0.1, 0.15) is 5.82 Å². The van der Waals surface area contributed by atoms with Gasteiger partial charge in [0.05, 0.1) is 5.69 Å². The molecule has 2 aliphatic heterocycles. The first-order chi connectivity index (χ1) is 11.2. The van der Waals surface area contributed by atoms with Gasteiger partial charge in [0.2, 0.25) is 0 Å². The van der Waals surface area contributed by atoms with Crippen molar-refractivity contribution in [2.24, 2.45) is 5.41 Å². The van der Waals surface area contributed by atoms with Crippen LogP contribution in [0.1, 0.15) is 32.1 Å². The maximum atomic E-state index is 14.1. The highest BCUT2D eigenvalue weighted by Gasteiger charge is 2.48. The fourth-order valence-corrected chi connectivity index (χ4v) is 4.63. The van der Waals surface area contributed by atoms with Gasteiger partial charge in [-0.2, -0.15) is 0 Å². The van der Waals surface area contributed by atoms with Crippen LogP contribution in [-0.2, 0) is 4.74 Å². The van der Waals surface area contributed by atoms with E-state index in [0.29, 0.717) is 28.2 Å². The molecule has 2 heterocycles. The molecule has 0 aromatic heterocycles. The van der Waals surface area contributed by atoms with Gasteiger partial charge in [-0.15, -0.1) is 0 Å². The van der Waals surface area contributed by atoms with Gasteiger partial charge in [0.25, 0.3) is 0 Å². The van der Waals surface area contributed by atoms with Crippen LogP contribution in [-0.4, -0.2) is 38.4 Å². The highest BCUT2D eigenvalue weighted by atomic mass is 35.5. The van der Waals surface area contributed by atoms with Gasteiger partial charge in [0.15, 0.2) is 0 Å². The maximum Gasteiger partial charge on any atom is 0.147 e. The Morgan fingerprint density at radius 2 is 2.04 bits per heavy atom. The lowest BCUT2D eigenvalue weighted by atomic mass is 9.60. The highest BCUT2D eigenvalue weighted by molar-refractivity contribution is 6.30. The van der Waals surface area contributed by atoms with E-state index in [1.54, 1.807) is 12.1 Å². The van der Waals surface area contributed by atoms with E-state index in [0.717, 1.165) is 32.7 Å². The molecule has 1 aromatic carbocycles. The van der Waals surface area contributed by atoms with Gasteiger partial charge in [0, 0.05) is 43.4 Å². The van der Waals surface area contributed by atoms with Gasteiger partial charge in [-0.1, -0.05) is 11.6 Å². The topological polar surface area (TPSA) is 24.5 Å². The van der Waals surface area contributed by atoms with Crippen LogP contribution < -0.4 is 10.2 Å². The molecule has 2 unspecified atom stereocenters. The van der Waals surface area contributed by atoms with E-state index in [4.69, 9.17) is 16.3 Å². The van der Waals surface area contributed by atoms with Gasteiger partial charge in [-0.3, -0.25) is 0 Å². The number of nitrogens with one attached hydrogen (secondary N) is 1. The molecule has 3 aliphatic rings. The second-order valence-corrected chi connectivity index (χ2v) is 7.70. The predicted octanol–water partition coefficient (Wildman–Crippen LogP) is 3.61. The molecule has 4 rings (SSSR count). The molecule has 1 spiro atoms. The average molecular weight is 339 g/mol. The first-order valence-electron chi connectivity index (χ1n) is 8.70. The first kappa shape index (κ1) is 15.7. The van der Waals surface area contributed by atoms with Gasteiger partial charge >= 0.3 is 0 Å². The van der Waals surface area contributed by atoms with Crippen molar-refractivity contribution in [2.45, 2.75) is 44.2 Å². The van der Waals surface area contributed by atoms with Crippen molar-refractivity contribution in [3.8, 4) is 0 Å². The van der Waals surface area contributed by atoms with Crippen molar-refractivity contribution < 1.29 is 9.13 Å². The summed E-state index contributed by atoms with van der Waals surface area (Å²) in [6, 6.07) is 6.04. The summed E-state index contributed by atoms with van der Waals surface area (Å²) in [7, 11) is 0. The summed E-state index contributed by atoms with van der Waals surface area (Å²) in [5, 5.41) is 4.32. The number of rotatable bonds is 3. The van der Waals surface area contributed by atoms with E-state index in [1.165, 1.54) is 31.7 Å². The molecular formula is C18H24ClFN2O. The maximum absolute atomic E-state index is 14.1. The lowest BCUT2D eigenvalue weighted by molar-refractivity contribution is -0.0571. The lowest BCUT2D eigenvalue weighted by Crippen LogP contribution is -2.58. The minimum absolute atomic E-state index is 0.220. The predicted molar refractivity (Wildman–Crippen MR) is 90.7 cm³/mol. The zero-order valence-electron chi connectivity index (χ0n) is 13.4. The molecule has 1 aromatic rings. The molecule has 1 aliphatic carbocycles. The van der Waals surface area contributed by atoms with Crippen LogP contribution in [0.25, 0.3) is 0 Å². The Labute approximate surface area is 142 Å². The molecule has 1 saturated carbocycles. The summed E-state index contributed by atoms with van der Waals surface area (Å²) in [6.45, 7) is 3.59.